The molecule has 1 amide bonds. The number of piperidine rings is 1. The number of hydrogen-bond acceptors (Lipinski definition) is 3. The van der Waals surface area contributed by atoms with Crippen LogP contribution in [0.3, 0.4) is 0 Å². The van der Waals surface area contributed by atoms with Crippen molar-refractivity contribution in [3.8, 4) is 0 Å². The first-order valence-corrected chi connectivity index (χ1v) is 7.87. The number of carbonyl (C=O) groups excluding carboxylic acids is 1. The predicted molar refractivity (Wildman–Crippen MR) is 85.0 cm³/mol. The minimum atomic E-state index is 0.0763. The van der Waals surface area contributed by atoms with Crippen molar-refractivity contribution in [1.82, 2.24) is 10.2 Å². The summed E-state index contributed by atoms with van der Waals surface area (Å²) in [6.07, 6.45) is 3.67. The normalized spacial score (nSPS) is 19.0. The highest BCUT2D eigenvalue weighted by atomic mass is 16.3. The number of rotatable bonds is 5. The summed E-state index contributed by atoms with van der Waals surface area (Å²) in [7, 11) is 0. The molecule has 1 atom stereocenters. The Balaban J connectivity index is 1.50. The molecule has 1 unspecified atom stereocenters. The SMILES string of the molecule is O=C(NCc1ccco1)C1CCCN(Cc2ccccc2)C1. The van der Waals surface area contributed by atoms with Crippen LogP contribution in [0.4, 0.5) is 0 Å². The van der Waals surface area contributed by atoms with Crippen LogP contribution in [-0.4, -0.2) is 23.9 Å². The minimum Gasteiger partial charge on any atom is -0.467 e. The quantitative estimate of drug-likeness (QED) is 0.923. The lowest BCUT2D eigenvalue weighted by atomic mass is 9.96. The Morgan fingerprint density at radius 1 is 1.23 bits per heavy atom. The Hall–Kier alpha value is -2.07. The summed E-state index contributed by atoms with van der Waals surface area (Å²) in [5.74, 6) is 1.01. The summed E-state index contributed by atoms with van der Waals surface area (Å²) in [5, 5.41) is 2.98. The van der Waals surface area contributed by atoms with E-state index in [0.717, 1.165) is 38.2 Å². The average molecular weight is 298 g/mol. The molecule has 0 bridgehead atoms. The number of nitrogens with zero attached hydrogens (tertiary/aromatic N) is 1. The van der Waals surface area contributed by atoms with E-state index in [1.54, 1.807) is 6.26 Å². The maximum absolute atomic E-state index is 12.3. The molecule has 0 radical (unpaired) electrons. The van der Waals surface area contributed by atoms with E-state index in [0.29, 0.717) is 6.54 Å². The van der Waals surface area contributed by atoms with Gasteiger partial charge in [-0.25, -0.2) is 0 Å². The van der Waals surface area contributed by atoms with E-state index in [4.69, 9.17) is 4.42 Å². The van der Waals surface area contributed by atoms with Crippen LogP contribution in [0.25, 0.3) is 0 Å². The van der Waals surface area contributed by atoms with Gasteiger partial charge in [-0.05, 0) is 37.1 Å². The predicted octanol–water partition coefficient (Wildman–Crippen LogP) is 2.81. The molecular weight excluding hydrogens is 276 g/mol. The van der Waals surface area contributed by atoms with Crippen molar-refractivity contribution in [2.75, 3.05) is 13.1 Å². The highest BCUT2D eigenvalue weighted by molar-refractivity contribution is 5.78. The van der Waals surface area contributed by atoms with Gasteiger partial charge in [0.05, 0.1) is 18.7 Å². The summed E-state index contributed by atoms with van der Waals surface area (Å²) in [6, 6.07) is 14.2. The van der Waals surface area contributed by atoms with E-state index in [9.17, 15) is 4.79 Å². The Labute approximate surface area is 131 Å². The number of amides is 1. The van der Waals surface area contributed by atoms with Crippen LogP contribution in [0.2, 0.25) is 0 Å². The minimum absolute atomic E-state index is 0.0763. The van der Waals surface area contributed by atoms with Gasteiger partial charge in [-0.1, -0.05) is 30.3 Å². The third kappa shape index (κ3) is 3.98. The van der Waals surface area contributed by atoms with E-state index in [1.807, 2.05) is 18.2 Å². The molecule has 1 saturated heterocycles. The molecule has 1 aromatic heterocycles. The smallest absolute Gasteiger partial charge is 0.224 e. The lowest BCUT2D eigenvalue weighted by Crippen LogP contribution is -2.42. The monoisotopic (exact) mass is 298 g/mol. The third-order valence-corrected chi connectivity index (χ3v) is 4.14. The zero-order valence-electron chi connectivity index (χ0n) is 12.7. The van der Waals surface area contributed by atoms with Gasteiger partial charge in [0.15, 0.2) is 0 Å². The van der Waals surface area contributed by atoms with Crippen molar-refractivity contribution in [3.05, 3.63) is 60.1 Å². The molecule has 4 heteroatoms. The Kier molecular flexibility index (Phi) is 4.91. The standard InChI is InChI=1S/C18H22N2O2/c21-18(19-12-17-9-5-11-22-17)16-8-4-10-20(14-16)13-15-6-2-1-3-7-15/h1-3,5-7,9,11,16H,4,8,10,12-14H2,(H,19,21). The van der Waals surface area contributed by atoms with Crippen LogP contribution in [0.1, 0.15) is 24.2 Å². The van der Waals surface area contributed by atoms with E-state index >= 15 is 0 Å². The van der Waals surface area contributed by atoms with Gasteiger partial charge in [-0.3, -0.25) is 9.69 Å². The number of furan rings is 1. The molecule has 0 aliphatic carbocycles. The van der Waals surface area contributed by atoms with Gasteiger partial charge in [0.25, 0.3) is 0 Å². The zero-order chi connectivity index (χ0) is 15.2. The van der Waals surface area contributed by atoms with Crippen LogP contribution >= 0.6 is 0 Å². The Bertz CT molecular complexity index is 580. The van der Waals surface area contributed by atoms with Crippen molar-refractivity contribution in [2.45, 2.75) is 25.9 Å². The zero-order valence-corrected chi connectivity index (χ0v) is 12.7. The number of carbonyl (C=O) groups is 1. The number of benzene rings is 1. The Morgan fingerprint density at radius 3 is 2.86 bits per heavy atom. The highest BCUT2D eigenvalue weighted by Crippen LogP contribution is 2.19. The van der Waals surface area contributed by atoms with Gasteiger partial charge >= 0.3 is 0 Å². The fourth-order valence-corrected chi connectivity index (χ4v) is 2.99. The molecular formula is C18H22N2O2. The second-order valence-corrected chi connectivity index (χ2v) is 5.86. The maximum Gasteiger partial charge on any atom is 0.224 e. The molecule has 0 saturated carbocycles. The molecule has 1 fully saturated rings. The van der Waals surface area contributed by atoms with Crippen LogP contribution in [0.15, 0.2) is 53.1 Å². The lowest BCUT2D eigenvalue weighted by Gasteiger charge is -2.32. The maximum atomic E-state index is 12.3. The molecule has 1 aliphatic rings. The summed E-state index contributed by atoms with van der Waals surface area (Å²) in [4.78, 5) is 14.7. The largest absolute Gasteiger partial charge is 0.467 e. The van der Waals surface area contributed by atoms with Gasteiger partial charge < -0.3 is 9.73 Å². The Morgan fingerprint density at radius 2 is 2.09 bits per heavy atom. The van der Waals surface area contributed by atoms with Crippen LogP contribution < -0.4 is 5.32 Å². The molecule has 0 spiro atoms. The molecule has 22 heavy (non-hydrogen) atoms. The van der Waals surface area contributed by atoms with Crippen molar-refractivity contribution >= 4 is 5.91 Å². The van der Waals surface area contributed by atoms with Crippen molar-refractivity contribution in [3.63, 3.8) is 0 Å². The summed E-state index contributed by atoms with van der Waals surface area (Å²) in [6.45, 7) is 3.29. The van der Waals surface area contributed by atoms with Crippen LogP contribution in [-0.2, 0) is 17.9 Å². The lowest BCUT2D eigenvalue weighted by molar-refractivity contribution is -0.127. The van der Waals surface area contributed by atoms with Crippen LogP contribution in [0, 0.1) is 5.92 Å². The van der Waals surface area contributed by atoms with E-state index < -0.39 is 0 Å². The van der Waals surface area contributed by atoms with Crippen molar-refractivity contribution < 1.29 is 9.21 Å². The molecule has 1 N–H and O–H groups in total. The molecule has 2 heterocycles. The van der Waals surface area contributed by atoms with Gasteiger partial charge in [0, 0.05) is 13.1 Å². The summed E-state index contributed by atoms with van der Waals surface area (Å²) >= 11 is 0. The number of hydrogen-bond donors (Lipinski definition) is 1. The van der Waals surface area contributed by atoms with Gasteiger partial charge in [0.2, 0.25) is 5.91 Å². The first kappa shape index (κ1) is 14.9. The second kappa shape index (κ2) is 7.27. The fourth-order valence-electron chi connectivity index (χ4n) is 2.99. The summed E-state index contributed by atoms with van der Waals surface area (Å²) < 4.78 is 5.25. The van der Waals surface area contributed by atoms with Gasteiger partial charge in [-0.2, -0.15) is 0 Å². The van der Waals surface area contributed by atoms with Crippen LogP contribution in [0.5, 0.6) is 0 Å². The highest BCUT2D eigenvalue weighted by Gasteiger charge is 2.25. The fraction of sp³-hybridized carbons (Fsp3) is 0.389. The molecule has 2 aromatic rings. The number of nitrogens with one attached hydrogen (secondary N) is 1. The molecule has 1 aliphatic heterocycles. The molecule has 3 rings (SSSR count). The van der Waals surface area contributed by atoms with Gasteiger partial charge in [-0.15, -0.1) is 0 Å². The van der Waals surface area contributed by atoms with Crippen molar-refractivity contribution in [2.24, 2.45) is 5.92 Å². The molecule has 1 aromatic carbocycles. The number of likely N-dealkylation sites (tertiary alicyclic amines) is 1. The average Bonchev–Trinajstić information content (AvgIpc) is 3.07. The van der Waals surface area contributed by atoms with E-state index in [-0.39, 0.29) is 11.8 Å². The summed E-state index contributed by atoms with van der Waals surface area (Å²) in [5.41, 5.74) is 1.30. The van der Waals surface area contributed by atoms with Crippen molar-refractivity contribution in [1.29, 1.82) is 0 Å². The van der Waals surface area contributed by atoms with E-state index in [1.165, 1.54) is 5.56 Å². The first-order chi connectivity index (χ1) is 10.8. The van der Waals surface area contributed by atoms with E-state index in [2.05, 4.69) is 34.5 Å². The first-order valence-electron chi connectivity index (χ1n) is 7.87. The second-order valence-electron chi connectivity index (χ2n) is 5.86. The topological polar surface area (TPSA) is 45.5 Å². The molecule has 116 valence electrons. The van der Waals surface area contributed by atoms with Gasteiger partial charge in [0.1, 0.15) is 5.76 Å². The molecule has 4 nitrogen and oxygen atoms in total. The third-order valence-electron chi connectivity index (χ3n) is 4.14.